The second-order valence-corrected chi connectivity index (χ2v) is 11.9. The van der Waals surface area contributed by atoms with Gasteiger partial charge in [0, 0.05) is 42.9 Å². The van der Waals surface area contributed by atoms with Crippen LogP contribution in [-0.2, 0) is 23.0 Å². The van der Waals surface area contributed by atoms with Crippen molar-refractivity contribution in [3.63, 3.8) is 0 Å². The monoisotopic (exact) mass is 577 g/mol. The van der Waals surface area contributed by atoms with E-state index < -0.39 is 15.9 Å². The van der Waals surface area contributed by atoms with Crippen LogP contribution in [0.1, 0.15) is 45.7 Å². The molecule has 4 aromatic rings. The van der Waals surface area contributed by atoms with Crippen LogP contribution < -0.4 is 15.4 Å². The molecular weight excluding hydrogens is 546 g/mol. The van der Waals surface area contributed by atoms with Crippen LogP contribution in [0.4, 0.5) is 5.69 Å². The third-order valence-electron chi connectivity index (χ3n) is 7.02. The Kier molecular flexibility index (Phi) is 7.65. The quantitative estimate of drug-likeness (QED) is 0.305. The van der Waals surface area contributed by atoms with Crippen LogP contribution in [0.2, 0.25) is 0 Å². The van der Waals surface area contributed by atoms with Gasteiger partial charge in [0.15, 0.2) is 5.69 Å². The predicted molar refractivity (Wildman–Crippen MR) is 153 cm³/mol. The molecule has 0 bridgehead atoms. The molecule has 41 heavy (non-hydrogen) atoms. The number of hydrogen-bond donors (Lipinski definition) is 1. The average Bonchev–Trinajstić information content (AvgIpc) is 3.59. The molecule has 0 unspecified atom stereocenters. The number of hydrogen-bond acceptors (Lipinski definition) is 7. The SMILES string of the molecule is CCCS(=O)(=O)N(C)Cc1nccn1-c1ccc(N2CCc3c(C(N)=O)nn(-c4ccc(OC)cc4)c3C2=O)cc1. The van der Waals surface area contributed by atoms with Gasteiger partial charge in [0.1, 0.15) is 17.3 Å². The lowest BCUT2D eigenvalue weighted by atomic mass is 10.0. The van der Waals surface area contributed by atoms with Crippen molar-refractivity contribution in [2.24, 2.45) is 5.73 Å². The highest BCUT2D eigenvalue weighted by atomic mass is 32.2. The zero-order chi connectivity index (χ0) is 29.3. The molecule has 0 saturated carbocycles. The standard InChI is InChI=1S/C28H31N7O5S/c1-4-17-41(38,39)32(2)18-24-30-14-16-33(24)19-5-7-20(8-6-19)34-15-13-23-25(27(29)36)31-35(26(23)28(34)37)21-9-11-22(40-3)12-10-21/h5-12,14,16H,4,13,15,17-18H2,1-3H3,(H2,29,36). The Labute approximate surface area is 238 Å². The number of carbonyl (C=O) groups is 2. The van der Waals surface area contributed by atoms with E-state index in [1.54, 1.807) is 55.7 Å². The van der Waals surface area contributed by atoms with E-state index in [1.807, 2.05) is 35.8 Å². The third kappa shape index (κ3) is 5.33. The molecule has 2 aromatic carbocycles. The molecule has 12 nitrogen and oxygen atoms in total. The molecule has 1 aliphatic heterocycles. The third-order valence-corrected chi connectivity index (χ3v) is 9.03. The number of fused-ring (bicyclic) bond motifs is 1. The number of amides is 2. The molecule has 0 aliphatic carbocycles. The van der Waals surface area contributed by atoms with Crippen molar-refractivity contribution >= 4 is 27.5 Å². The van der Waals surface area contributed by atoms with Crippen LogP contribution in [0.15, 0.2) is 60.9 Å². The Morgan fingerprint density at radius 2 is 1.73 bits per heavy atom. The van der Waals surface area contributed by atoms with Gasteiger partial charge in [-0.05, 0) is 61.4 Å². The molecule has 2 N–H and O–H groups in total. The van der Waals surface area contributed by atoms with E-state index in [-0.39, 0.29) is 29.6 Å². The number of benzene rings is 2. The van der Waals surface area contributed by atoms with E-state index in [2.05, 4.69) is 10.1 Å². The molecule has 0 fully saturated rings. The summed E-state index contributed by atoms with van der Waals surface area (Å²) in [6.07, 6.45) is 4.32. The Morgan fingerprint density at radius 3 is 2.37 bits per heavy atom. The van der Waals surface area contributed by atoms with Crippen molar-refractivity contribution in [3.8, 4) is 17.1 Å². The molecule has 5 rings (SSSR count). The van der Waals surface area contributed by atoms with Gasteiger partial charge in [0.25, 0.3) is 11.8 Å². The Balaban J connectivity index is 1.43. The number of nitrogens with two attached hydrogens (primary N) is 1. The van der Waals surface area contributed by atoms with E-state index in [1.165, 1.54) is 8.99 Å². The molecule has 0 radical (unpaired) electrons. The minimum Gasteiger partial charge on any atom is -0.497 e. The van der Waals surface area contributed by atoms with E-state index >= 15 is 0 Å². The van der Waals surface area contributed by atoms with E-state index in [9.17, 15) is 18.0 Å². The number of rotatable bonds is 10. The first-order valence-corrected chi connectivity index (χ1v) is 14.7. The van der Waals surface area contributed by atoms with Crippen LogP contribution in [0.3, 0.4) is 0 Å². The minimum absolute atomic E-state index is 0.0722. The van der Waals surface area contributed by atoms with Gasteiger partial charge in [0.05, 0.1) is 25.1 Å². The second kappa shape index (κ2) is 11.2. The number of aromatic nitrogens is 4. The number of carbonyl (C=O) groups excluding carboxylic acids is 2. The lowest BCUT2D eigenvalue weighted by molar-refractivity contribution is 0.0972. The Bertz CT molecular complexity index is 1690. The zero-order valence-electron chi connectivity index (χ0n) is 23.0. The molecule has 3 heterocycles. The fourth-order valence-corrected chi connectivity index (χ4v) is 6.05. The summed E-state index contributed by atoms with van der Waals surface area (Å²) in [6.45, 7) is 2.30. The first kappa shape index (κ1) is 28.1. The summed E-state index contributed by atoms with van der Waals surface area (Å²) < 4.78 is 34.7. The molecule has 214 valence electrons. The normalized spacial score (nSPS) is 13.5. The maximum Gasteiger partial charge on any atom is 0.277 e. The molecular formula is C28H31N7O5S. The van der Waals surface area contributed by atoms with E-state index in [0.717, 1.165) is 5.69 Å². The number of methoxy groups -OCH3 is 1. The summed E-state index contributed by atoms with van der Waals surface area (Å²) in [5, 5.41) is 4.40. The summed E-state index contributed by atoms with van der Waals surface area (Å²) in [5.74, 6) is 0.293. The summed E-state index contributed by atoms with van der Waals surface area (Å²) >= 11 is 0. The van der Waals surface area contributed by atoms with Crippen LogP contribution >= 0.6 is 0 Å². The summed E-state index contributed by atoms with van der Waals surface area (Å²) in [5.41, 5.74) is 8.53. The smallest absolute Gasteiger partial charge is 0.277 e. The molecule has 0 saturated heterocycles. The second-order valence-electron chi connectivity index (χ2n) is 9.66. The summed E-state index contributed by atoms with van der Waals surface area (Å²) in [6, 6.07) is 14.3. The van der Waals surface area contributed by atoms with Gasteiger partial charge >= 0.3 is 0 Å². The fraction of sp³-hybridized carbons (Fsp3) is 0.286. The highest BCUT2D eigenvalue weighted by Gasteiger charge is 2.34. The highest BCUT2D eigenvalue weighted by molar-refractivity contribution is 7.89. The molecule has 0 atom stereocenters. The number of primary amides is 1. The predicted octanol–water partition coefficient (Wildman–Crippen LogP) is 2.54. The molecule has 1 aliphatic rings. The van der Waals surface area contributed by atoms with Crippen molar-refractivity contribution < 1.29 is 22.7 Å². The van der Waals surface area contributed by atoms with Gasteiger partial charge in [0.2, 0.25) is 10.0 Å². The van der Waals surface area contributed by atoms with E-state index in [0.29, 0.717) is 47.9 Å². The Hall–Kier alpha value is -4.49. The Morgan fingerprint density at radius 1 is 1.07 bits per heavy atom. The van der Waals surface area contributed by atoms with Crippen LogP contribution in [0.5, 0.6) is 5.75 Å². The van der Waals surface area contributed by atoms with Gasteiger partial charge in [-0.1, -0.05) is 6.92 Å². The number of sulfonamides is 1. The van der Waals surface area contributed by atoms with Crippen LogP contribution in [0.25, 0.3) is 11.4 Å². The zero-order valence-corrected chi connectivity index (χ0v) is 23.8. The van der Waals surface area contributed by atoms with Crippen LogP contribution in [-0.4, -0.2) is 70.3 Å². The maximum absolute atomic E-state index is 13.8. The highest BCUT2D eigenvalue weighted by Crippen LogP contribution is 2.30. The number of anilines is 1. The first-order valence-electron chi connectivity index (χ1n) is 13.1. The van der Waals surface area contributed by atoms with Gasteiger partial charge in [-0.25, -0.2) is 18.1 Å². The van der Waals surface area contributed by atoms with Crippen molar-refractivity contribution in [2.45, 2.75) is 26.3 Å². The lowest BCUT2D eigenvalue weighted by Crippen LogP contribution is -2.39. The molecule has 2 aromatic heterocycles. The first-order chi connectivity index (χ1) is 19.6. The van der Waals surface area contributed by atoms with Crippen molar-refractivity contribution in [1.82, 2.24) is 23.6 Å². The summed E-state index contributed by atoms with van der Waals surface area (Å²) in [4.78, 5) is 32.0. The largest absolute Gasteiger partial charge is 0.497 e. The summed E-state index contributed by atoms with van der Waals surface area (Å²) in [7, 11) is -0.267. The number of imidazole rings is 1. The van der Waals surface area contributed by atoms with Crippen molar-refractivity contribution in [2.75, 3.05) is 31.4 Å². The lowest BCUT2D eigenvalue weighted by Gasteiger charge is -2.28. The van der Waals surface area contributed by atoms with E-state index in [4.69, 9.17) is 10.5 Å². The topological polar surface area (TPSA) is 146 Å². The number of ether oxygens (including phenoxy) is 1. The minimum atomic E-state index is -3.37. The fourth-order valence-electron chi connectivity index (χ4n) is 4.91. The van der Waals surface area contributed by atoms with Crippen LogP contribution in [0, 0.1) is 0 Å². The van der Waals surface area contributed by atoms with Crippen molar-refractivity contribution in [1.29, 1.82) is 0 Å². The van der Waals surface area contributed by atoms with Gasteiger partial charge < -0.3 is 19.9 Å². The molecule has 2 amide bonds. The average molecular weight is 578 g/mol. The number of nitrogens with zero attached hydrogens (tertiary/aromatic N) is 6. The maximum atomic E-state index is 13.8. The molecule has 13 heteroatoms. The van der Waals surface area contributed by atoms with Gasteiger partial charge in [-0.3, -0.25) is 9.59 Å². The van der Waals surface area contributed by atoms with Crippen molar-refractivity contribution in [3.05, 3.63) is 83.7 Å². The molecule has 0 spiro atoms. The van der Waals surface area contributed by atoms with Gasteiger partial charge in [-0.15, -0.1) is 0 Å². The van der Waals surface area contributed by atoms with Gasteiger partial charge in [-0.2, -0.15) is 9.40 Å².